The zero-order valence-electron chi connectivity index (χ0n) is 22.7. The molecule has 37 heavy (non-hydrogen) atoms. The minimum atomic E-state index is 0. The van der Waals surface area contributed by atoms with Crippen molar-refractivity contribution in [2.24, 2.45) is 0 Å². The first-order chi connectivity index (χ1) is 17.8. The minimum Gasteiger partial charge on any atom is -0.343 e. The molecule has 0 amide bonds. The molecule has 6 rings (SSSR count). The van der Waals surface area contributed by atoms with Crippen LogP contribution in [0.15, 0.2) is 91.0 Å². The van der Waals surface area contributed by atoms with Gasteiger partial charge >= 0.3 is 0 Å². The second-order valence-electron chi connectivity index (χ2n) is 9.93. The summed E-state index contributed by atoms with van der Waals surface area (Å²) in [6.07, 6.45) is 11.0. The molecule has 4 aromatic rings. The molecule has 2 aliphatic rings. The first-order valence-corrected chi connectivity index (χ1v) is 13.9. The Bertz CT molecular complexity index is 1210. The summed E-state index contributed by atoms with van der Waals surface area (Å²) in [5, 5.41) is 0. The van der Waals surface area contributed by atoms with E-state index in [1.54, 1.807) is 11.1 Å². The maximum absolute atomic E-state index is 3.92. The standard InChI is InChI=1S/C19H21.C13H10.C4H10.Zr/c1-2-3-4-5-9-15-11-8-13-18-17-12-7-6-10-16(17)14-19(15)18;1-3-7-12-10(5-1)9-11-6-2-4-8-13(11)12;1-3-4-2;/h6-8,10-13H,1-5,9,14H2;1-8H,9H2;3-4H2,1-2H3;/q-1;;;. The van der Waals surface area contributed by atoms with E-state index in [1.165, 1.54) is 77.5 Å². The Balaban J connectivity index is 0.000000184. The van der Waals surface area contributed by atoms with Gasteiger partial charge in [0, 0.05) is 26.2 Å². The van der Waals surface area contributed by atoms with Gasteiger partial charge in [-0.05, 0) is 75.8 Å². The van der Waals surface area contributed by atoms with Gasteiger partial charge in [0.15, 0.2) is 0 Å². The van der Waals surface area contributed by atoms with Gasteiger partial charge in [-0.15, -0.1) is 0 Å². The number of fused-ring (bicyclic) bond motifs is 6. The Morgan fingerprint density at radius 2 is 1.03 bits per heavy atom. The number of hydrogen-bond acceptors (Lipinski definition) is 0. The number of rotatable bonds is 6. The summed E-state index contributed by atoms with van der Waals surface area (Å²) in [4.78, 5) is 0. The van der Waals surface area contributed by atoms with Crippen LogP contribution in [-0.2, 0) is 45.5 Å². The number of unbranched alkanes of at least 4 members (excludes halogenated alkanes) is 4. The maximum Gasteiger partial charge on any atom is 0 e. The van der Waals surface area contributed by atoms with Crippen molar-refractivity contribution < 1.29 is 26.2 Å². The summed E-state index contributed by atoms with van der Waals surface area (Å²) >= 11 is 0. The van der Waals surface area contributed by atoms with E-state index < -0.39 is 0 Å². The van der Waals surface area contributed by atoms with Crippen LogP contribution >= 0.6 is 0 Å². The average Bonchev–Trinajstić information content (AvgIpc) is 3.51. The molecule has 0 unspecified atom stereocenters. The maximum atomic E-state index is 3.92. The van der Waals surface area contributed by atoms with Crippen LogP contribution in [0.3, 0.4) is 0 Å². The van der Waals surface area contributed by atoms with Crippen molar-refractivity contribution in [2.75, 3.05) is 0 Å². The summed E-state index contributed by atoms with van der Waals surface area (Å²) in [6.45, 7) is 8.28. The topological polar surface area (TPSA) is 0 Å². The van der Waals surface area contributed by atoms with E-state index in [0.717, 1.165) is 19.3 Å². The van der Waals surface area contributed by atoms with Crippen molar-refractivity contribution >= 4 is 0 Å². The molecule has 0 radical (unpaired) electrons. The van der Waals surface area contributed by atoms with E-state index in [-0.39, 0.29) is 26.2 Å². The molecule has 1 heteroatoms. The molecule has 0 N–H and O–H groups in total. The van der Waals surface area contributed by atoms with Gasteiger partial charge in [-0.25, -0.2) is 0 Å². The average molecular weight is 565 g/mol. The normalized spacial score (nSPS) is 11.4. The Hall–Kier alpha value is -2.24. The summed E-state index contributed by atoms with van der Waals surface area (Å²) < 4.78 is 0. The van der Waals surface area contributed by atoms with Crippen LogP contribution in [-0.4, -0.2) is 0 Å². The summed E-state index contributed by atoms with van der Waals surface area (Å²) in [7, 11) is 0. The van der Waals surface area contributed by atoms with Gasteiger partial charge in [0.05, 0.1) is 0 Å². The molecule has 0 bridgehead atoms. The molecular weight excluding hydrogens is 524 g/mol. The van der Waals surface area contributed by atoms with Crippen LogP contribution in [0, 0.1) is 6.92 Å². The van der Waals surface area contributed by atoms with Crippen molar-refractivity contribution in [1.29, 1.82) is 0 Å². The molecule has 0 saturated heterocycles. The molecule has 0 spiro atoms. The predicted molar refractivity (Wildman–Crippen MR) is 157 cm³/mol. The van der Waals surface area contributed by atoms with Crippen LogP contribution in [0.1, 0.15) is 80.2 Å². The second kappa shape index (κ2) is 15.2. The van der Waals surface area contributed by atoms with Crippen molar-refractivity contribution in [3.63, 3.8) is 0 Å². The number of aryl methyl sites for hydroxylation is 1. The van der Waals surface area contributed by atoms with E-state index in [9.17, 15) is 0 Å². The smallest absolute Gasteiger partial charge is 0 e. The van der Waals surface area contributed by atoms with Gasteiger partial charge in [0.2, 0.25) is 0 Å². The third-order valence-electron chi connectivity index (χ3n) is 7.35. The Morgan fingerprint density at radius 1 is 0.541 bits per heavy atom. The third kappa shape index (κ3) is 7.42. The van der Waals surface area contributed by atoms with Crippen LogP contribution in [0.4, 0.5) is 0 Å². The molecule has 0 heterocycles. The largest absolute Gasteiger partial charge is 0.343 e. The second-order valence-corrected chi connectivity index (χ2v) is 9.93. The van der Waals surface area contributed by atoms with Gasteiger partial charge in [-0.3, -0.25) is 0 Å². The molecule has 0 saturated carbocycles. The van der Waals surface area contributed by atoms with Crippen LogP contribution in [0.2, 0.25) is 0 Å². The first-order valence-electron chi connectivity index (χ1n) is 13.9. The van der Waals surface area contributed by atoms with E-state index in [2.05, 4.69) is 112 Å². The molecule has 4 aromatic carbocycles. The van der Waals surface area contributed by atoms with E-state index >= 15 is 0 Å². The van der Waals surface area contributed by atoms with Crippen LogP contribution in [0.5, 0.6) is 0 Å². The van der Waals surface area contributed by atoms with Crippen LogP contribution in [0.25, 0.3) is 22.3 Å². The summed E-state index contributed by atoms with van der Waals surface area (Å²) in [5.74, 6) is 0. The molecule has 0 nitrogen and oxygen atoms in total. The Kier molecular flexibility index (Phi) is 12.1. The van der Waals surface area contributed by atoms with Gasteiger partial charge in [-0.2, -0.15) is 6.42 Å². The monoisotopic (exact) mass is 563 g/mol. The molecular formula is C36H41Zr-. The third-order valence-corrected chi connectivity index (χ3v) is 7.35. The molecule has 0 fully saturated rings. The number of hydrogen-bond donors (Lipinski definition) is 0. The fourth-order valence-electron chi connectivity index (χ4n) is 5.21. The molecule has 0 aliphatic heterocycles. The van der Waals surface area contributed by atoms with Crippen molar-refractivity contribution in [3.8, 4) is 22.3 Å². The van der Waals surface area contributed by atoms with Crippen molar-refractivity contribution in [3.05, 3.63) is 126 Å². The van der Waals surface area contributed by atoms with Gasteiger partial charge in [0.25, 0.3) is 0 Å². The predicted octanol–water partition coefficient (Wildman–Crippen LogP) is 10.3. The molecule has 0 atom stereocenters. The van der Waals surface area contributed by atoms with E-state index in [1.807, 2.05) is 0 Å². The zero-order chi connectivity index (χ0) is 25.2. The van der Waals surface area contributed by atoms with E-state index in [0.29, 0.717) is 0 Å². The summed E-state index contributed by atoms with van der Waals surface area (Å²) in [5.41, 5.74) is 13.3. The van der Waals surface area contributed by atoms with Crippen LogP contribution < -0.4 is 0 Å². The Morgan fingerprint density at radius 3 is 1.57 bits per heavy atom. The van der Waals surface area contributed by atoms with Gasteiger partial charge < -0.3 is 6.92 Å². The fraction of sp³-hybridized carbons (Fsp3) is 0.306. The van der Waals surface area contributed by atoms with Gasteiger partial charge in [-0.1, -0.05) is 131 Å². The van der Waals surface area contributed by atoms with Crippen molar-refractivity contribution in [2.45, 2.75) is 71.6 Å². The summed E-state index contributed by atoms with van der Waals surface area (Å²) in [6, 6.07) is 32.9. The number of benzene rings is 4. The van der Waals surface area contributed by atoms with Gasteiger partial charge in [0.1, 0.15) is 0 Å². The zero-order valence-corrected chi connectivity index (χ0v) is 25.2. The minimum absolute atomic E-state index is 0. The van der Waals surface area contributed by atoms with E-state index in [4.69, 9.17) is 0 Å². The molecule has 0 aromatic heterocycles. The quantitative estimate of drug-likeness (QED) is 0.139. The fourth-order valence-corrected chi connectivity index (χ4v) is 5.21. The van der Waals surface area contributed by atoms with Crippen molar-refractivity contribution in [1.82, 2.24) is 0 Å². The molecule has 2 aliphatic carbocycles. The first kappa shape index (κ1) is 29.3. The SMILES string of the molecule is CCCC.[CH2-]CCCCCc1cccc2c1Cc1ccccc1-2.[Zr].c1ccc2c(c1)Cc1ccccc1-2. The Labute approximate surface area is 244 Å². The molecule has 190 valence electrons.